The van der Waals surface area contributed by atoms with Crippen molar-refractivity contribution in [2.75, 3.05) is 44.9 Å². The van der Waals surface area contributed by atoms with Crippen LogP contribution in [0.2, 0.25) is 5.02 Å². The van der Waals surface area contributed by atoms with Crippen LogP contribution in [0.25, 0.3) is 0 Å². The number of para-hydroxylation sites is 1. The molecule has 21 heavy (non-hydrogen) atoms. The Labute approximate surface area is 132 Å². The molecule has 1 aliphatic heterocycles. The summed E-state index contributed by atoms with van der Waals surface area (Å²) in [7, 11) is 1.71. The summed E-state index contributed by atoms with van der Waals surface area (Å²) in [5.74, 6) is 0. The molecule has 118 valence electrons. The van der Waals surface area contributed by atoms with Crippen LogP contribution in [-0.2, 0) is 16.0 Å². The van der Waals surface area contributed by atoms with Gasteiger partial charge in [-0.05, 0) is 25.5 Å². The Hall–Kier alpha value is -0.810. The van der Waals surface area contributed by atoms with E-state index in [1.807, 2.05) is 12.1 Å². The van der Waals surface area contributed by atoms with Gasteiger partial charge in [-0.25, -0.2) is 0 Å². The van der Waals surface area contributed by atoms with Crippen molar-refractivity contribution in [2.24, 2.45) is 0 Å². The number of halogens is 1. The van der Waals surface area contributed by atoms with Crippen molar-refractivity contribution in [3.8, 4) is 0 Å². The summed E-state index contributed by atoms with van der Waals surface area (Å²) in [5, 5.41) is 4.20. The Morgan fingerprint density at radius 3 is 2.95 bits per heavy atom. The average Bonchev–Trinajstić information content (AvgIpc) is 2.44. The minimum absolute atomic E-state index is 0.0511. The highest BCUT2D eigenvalue weighted by Crippen LogP contribution is 2.35. The molecular weight excluding hydrogens is 288 g/mol. The zero-order chi connectivity index (χ0) is 15.3. The van der Waals surface area contributed by atoms with Crippen LogP contribution in [0, 0.1) is 0 Å². The predicted molar refractivity (Wildman–Crippen MR) is 87.3 cm³/mol. The number of hydrogen-bond donors (Lipinski definition) is 1. The maximum absolute atomic E-state index is 6.50. The van der Waals surface area contributed by atoms with Crippen molar-refractivity contribution in [3.63, 3.8) is 0 Å². The van der Waals surface area contributed by atoms with E-state index in [4.69, 9.17) is 21.1 Å². The fraction of sp³-hybridized carbons (Fsp3) is 0.625. The molecule has 1 aliphatic rings. The van der Waals surface area contributed by atoms with Crippen LogP contribution in [0.3, 0.4) is 0 Å². The lowest BCUT2D eigenvalue weighted by Crippen LogP contribution is -2.53. The van der Waals surface area contributed by atoms with E-state index in [2.05, 4.69) is 30.1 Å². The molecule has 0 spiro atoms. The lowest BCUT2D eigenvalue weighted by atomic mass is 9.99. The van der Waals surface area contributed by atoms with E-state index in [0.717, 1.165) is 43.6 Å². The Morgan fingerprint density at radius 1 is 1.43 bits per heavy atom. The highest BCUT2D eigenvalue weighted by Gasteiger charge is 2.32. The Balaban J connectivity index is 2.20. The number of hydrogen-bond acceptors (Lipinski definition) is 4. The highest BCUT2D eigenvalue weighted by molar-refractivity contribution is 6.33. The van der Waals surface area contributed by atoms with Crippen molar-refractivity contribution in [2.45, 2.75) is 25.9 Å². The minimum Gasteiger partial charge on any atom is -0.383 e. The SMILES string of the molecule is COCCNCc1cccc(Cl)c1N1CCOCC1(C)C. The molecule has 1 heterocycles. The molecule has 0 unspecified atom stereocenters. The van der Waals surface area contributed by atoms with Crippen LogP contribution in [-0.4, -0.2) is 45.6 Å². The van der Waals surface area contributed by atoms with Gasteiger partial charge in [0.25, 0.3) is 0 Å². The molecule has 4 nitrogen and oxygen atoms in total. The van der Waals surface area contributed by atoms with Gasteiger partial charge in [-0.1, -0.05) is 23.7 Å². The molecule has 0 aromatic heterocycles. The maximum Gasteiger partial charge on any atom is 0.0694 e. The molecule has 0 radical (unpaired) electrons. The van der Waals surface area contributed by atoms with Gasteiger partial charge in [-0.15, -0.1) is 0 Å². The minimum atomic E-state index is -0.0511. The molecule has 1 N–H and O–H groups in total. The van der Waals surface area contributed by atoms with Crippen molar-refractivity contribution in [1.82, 2.24) is 5.32 Å². The average molecular weight is 313 g/mol. The van der Waals surface area contributed by atoms with Crippen LogP contribution in [0.4, 0.5) is 5.69 Å². The molecule has 0 amide bonds. The maximum atomic E-state index is 6.50. The third-order valence-electron chi connectivity index (χ3n) is 3.78. The highest BCUT2D eigenvalue weighted by atomic mass is 35.5. The van der Waals surface area contributed by atoms with E-state index in [1.165, 1.54) is 5.56 Å². The smallest absolute Gasteiger partial charge is 0.0694 e. The fourth-order valence-corrected chi connectivity index (χ4v) is 2.97. The summed E-state index contributed by atoms with van der Waals surface area (Å²) >= 11 is 6.50. The second-order valence-electron chi connectivity index (χ2n) is 5.93. The van der Waals surface area contributed by atoms with Gasteiger partial charge >= 0.3 is 0 Å². The van der Waals surface area contributed by atoms with Crippen molar-refractivity contribution in [3.05, 3.63) is 28.8 Å². The van der Waals surface area contributed by atoms with Crippen molar-refractivity contribution >= 4 is 17.3 Å². The van der Waals surface area contributed by atoms with Crippen LogP contribution in [0.1, 0.15) is 19.4 Å². The number of rotatable bonds is 6. The van der Waals surface area contributed by atoms with Crippen LogP contribution >= 0.6 is 11.6 Å². The van der Waals surface area contributed by atoms with Gasteiger partial charge in [-0.2, -0.15) is 0 Å². The number of morpholine rings is 1. The van der Waals surface area contributed by atoms with Gasteiger partial charge in [0.15, 0.2) is 0 Å². The van der Waals surface area contributed by atoms with Gasteiger partial charge in [-0.3, -0.25) is 0 Å². The van der Waals surface area contributed by atoms with Gasteiger partial charge < -0.3 is 19.7 Å². The van der Waals surface area contributed by atoms with Gasteiger partial charge in [0.1, 0.15) is 0 Å². The Bertz CT molecular complexity index is 466. The van der Waals surface area contributed by atoms with E-state index in [0.29, 0.717) is 6.61 Å². The van der Waals surface area contributed by atoms with Gasteiger partial charge in [0, 0.05) is 26.7 Å². The van der Waals surface area contributed by atoms with E-state index < -0.39 is 0 Å². The number of nitrogens with one attached hydrogen (secondary N) is 1. The molecular formula is C16H25ClN2O2. The lowest BCUT2D eigenvalue weighted by molar-refractivity contribution is 0.0643. The van der Waals surface area contributed by atoms with Crippen LogP contribution < -0.4 is 10.2 Å². The van der Waals surface area contributed by atoms with E-state index in [1.54, 1.807) is 7.11 Å². The molecule has 1 aromatic rings. The lowest BCUT2D eigenvalue weighted by Gasteiger charge is -2.45. The summed E-state index contributed by atoms with van der Waals surface area (Å²) < 4.78 is 10.7. The Kier molecular flexibility index (Phi) is 5.88. The zero-order valence-corrected chi connectivity index (χ0v) is 13.9. The second-order valence-corrected chi connectivity index (χ2v) is 6.34. The summed E-state index contributed by atoms with van der Waals surface area (Å²) in [6, 6.07) is 6.10. The first-order valence-corrected chi connectivity index (χ1v) is 7.76. The number of nitrogens with zero attached hydrogens (tertiary/aromatic N) is 1. The van der Waals surface area contributed by atoms with Gasteiger partial charge in [0.05, 0.1) is 36.1 Å². The molecule has 0 atom stereocenters. The summed E-state index contributed by atoms with van der Waals surface area (Å²) in [5.41, 5.74) is 2.29. The van der Waals surface area contributed by atoms with Crippen LogP contribution in [0.15, 0.2) is 18.2 Å². The largest absolute Gasteiger partial charge is 0.383 e. The number of anilines is 1. The fourth-order valence-electron chi connectivity index (χ4n) is 2.68. The monoisotopic (exact) mass is 312 g/mol. The first-order valence-electron chi connectivity index (χ1n) is 7.38. The second kappa shape index (κ2) is 7.45. The van der Waals surface area contributed by atoms with E-state index in [9.17, 15) is 0 Å². The van der Waals surface area contributed by atoms with E-state index >= 15 is 0 Å². The topological polar surface area (TPSA) is 33.7 Å². The molecule has 1 fully saturated rings. The van der Waals surface area contributed by atoms with Crippen LogP contribution in [0.5, 0.6) is 0 Å². The predicted octanol–water partition coefficient (Wildman–Crippen LogP) is 2.69. The Morgan fingerprint density at radius 2 is 2.24 bits per heavy atom. The molecule has 0 saturated carbocycles. The molecule has 0 bridgehead atoms. The summed E-state index contributed by atoms with van der Waals surface area (Å²) in [4.78, 5) is 2.37. The zero-order valence-electron chi connectivity index (χ0n) is 13.1. The molecule has 0 aliphatic carbocycles. The molecule has 1 aromatic carbocycles. The first kappa shape index (κ1) is 16.6. The number of methoxy groups -OCH3 is 1. The molecule has 5 heteroatoms. The summed E-state index contributed by atoms with van der Waals surface area (Å²) in [6.07, 6.45) is 0. The van der Waals surface area contributed by atoms with Gasteiger partial charge in [0.2, 0.25) is 0 Å². The number of ether oxygens (including phenoxy) is 2. The van der Waals surface area contributed by atoms with Crippen molar-refractivity contribution < 1.29 is 9.47 Å². The third-order valence-corrected chi connectivity index (χ3v) is 4.09. The number of benzene rings is 1. The van der Waals surface area contributed by atoms with E-state index in [-0.39, 0.29) is 5.54 Å². The molecule has 1 saturated heterocycles. The standard InChI is InChI=1S/C16H25ClN2O2/c1-16(2)12-21-10-8-19(16)15-13(5-4-6-14(15)17)11-18-7-9-20-3/h4-6,18H,7-12H2,1-3H3. The first-order chi connectivity index (χ1) is 10.1. The quantitative estimate of drug-likeness (QED) is 0.819. The summed E-state index contributed by atoms with van der Waals surface area (Å²) in [6.45, 7) is 9.03. The third kappa shape index (κ3) is 4.10. The van der Waals surface area contributed by atoms with Crippen molar-refractivity contribution in [1.29, 1.82) is 0 Å². The molecule has 2 rings (SSSR count). The normalized spacial score (nSPS) is 18.0.